The number of hydrazone groups is 1. The summed E-state index contributed by atoms with van der Waals surface area (Å²) in [4.78, 5) is 11.9. The van der Waals surface area contributed by atoms with Crippen LogP contribution in [0.15, 0.2) is 53.6 Å². The Morgan fingerprint density at radius 1 is 1.17 bits per heavy atom. The zero-order chi connectivity index (χ0) is 17.5. The van der Waals surface area contributed by atoms with Crippen molar-refractivity contribution in [1.82, 2.24) is 5.43 Å². The van der Waals surface area contributed by atoms with Crippen molar-refractivity contribution in [1.29, 1.82) is 0 Å². The van der Waals surface area contributed by atoms with Crippen molar-refractivity contribution >= 4 is 23.2 Å². The molecule has 0 unspecified atom stereocenters. The average molecular weight is 345 g/mol. The Kier molecular flexibility index (Phi) is 6.38. The Morgan fingerprint density at radius 3 is 2.50 bits per heavy atom. The fraction of sp³-hybridized carbons (Fsp3) is 0.263. The van der Waals surface area contributed by atoms with Gasteiger partial charge in [-0.1, -0.05) is 55.8 Å². The molecule has 0 bridgehead atoms. The van der Waals surface area contributed by atoms with Crippen LogP contribution in [0.1, 0.15) is 37.8 Å². The third kappa shape index (κ3) is 5.10. The van der Waals surface area contributed by atoms with Gasteiger partial charge in [-0.25, -0.2) is 5.43 Å². The number of carbonyl (C=O) groups excluding carboxylic acids is 1. The van der Waals surface area contributed by atoms with Crippen LogP contribution in [-0.4, -0.2) is 18.2 Å². The number of benzene rings is 2. The summed E-state index contributed by atoms with van der Waals surface area (Å²) in [5.41, 5.74) is 5.17. The van der Waals surface area contributed by atoms with Gasteiger partial charge >= 0.3 is 0 Å². The summed E-state index contributed by atoms with van der Waals surface area (Å²) < 4.78 is 5.62. The van der Waals surface area contributed by atoms with Gasteiger partial charge in [0.15, 0.2) is 6.61 Å². The van der Waals surface area contributed by atoms with Crippen molar-refractivity contribution in [3.05, 3.63) is 64.7 Å². The van der Waals surface area contributed by atoms with Crippen molar-refractivity contribution in [3.8, 4) is 5.75 Å². The van der Waals surface area contributed by atoms with Crippen molar-refractivity contribution in [2.45, 2.75) is 26.7 Å². The van der Waals surface area contributed by atoms with E-state index in [0.717, 1.165) is 16.9 Å². The minimum Gasteiger partial charge on any atom is -0.483 e. The van der Waals surface area contributed by atoms with Gasteiger partial charge < -0.3 is 4.74 Å². The first-order chi connectivity index (χ1) is 11.5. The molecule has 2 aromatic rings. The highest BCUT2D eigenvalue weighted by atomic mass is 35.5. The molecule has 0 aliphatic rings. The molecule has 0 atom stereocenters. The molecular weight excluding hydrogens is 324 g/mol. The molecular formula is C19H21ClN2O2. The van der Waals surface area contributed by atoms with Crippen LogP contribution in [0.3, 0.4) is 0 Å². The lowest BCUT2D eigenvalue weighted by atomic mass is 10.0. The number of hydrogen-bond donors (Lipinski definition) is 1. The summed E-state index contributed by atoms with van der Waals surface area (Å²) in [6.07, 6.45) is 0. The number of amides is 1. The first-order valence-electron chi connectivity index (χ1n) is 7.78. The molecule has 0 aliphatic carbocycles. The van der Waals surface area contributed by atoms with Gasteiger partial charge in [0.1, 0.15) is 5.75 Å². The van der Waals surface area contributed by atoms with Gasteiger partial charge in [-0.2, -0.15) is 5.10 Å². The van der Waals surface area contributed by atoms with Gasteiger partial charge in [0.05, 0.1) is 5.71 Å². The van der Waals surface area contributed by atoms with Gasteiger partial charge in [-0.15, -0.1) is 0 Å². The third-order valence-corrected chi connectivity index (χ3v) is 3.76. The number of hydrogen-bond acceptors (Lipinski definition) is 3. The lowest BCUT2D eigenvalue weighted by Gasteiger charge is -2.13. The van der Waals surface area contributed by atoms with E-state index in [1.165, 1.54) is 0 Å². The maximum atomic E-state index is 11.9. The molecule has 126 valence electrons. The third-order valence-electron chi connectivity index (χ3n) is 3.51. The van der Waals surface area contributed by atoms with E-state index in [2.05, 4.69) is 24.4 Å². The van der Waals surface area contributed by atoms with E-state index in [0.29, 0.717) is 16.7 Å². The number of carbonyl (C=O) groups is 1. The zero-order valence-electron chi connectivity index (χ0n) is 14.0. The number of halogens is 1. The predicted molar refractivity (Wildman–Crippen MR) is 97.8 cm³/mol. The molecule has 2 aromatic carbocycles. The van der Waals surface area contributed by atoms with Gasteiger partial charge in [-0.05, 0) is 42.2 Å². The maximum Gasteiger partial charge on any atom is 0.277 e. The van der Waals surface area contributed by atoms with Crippen LogP contribution in [0, 0.1) is 0 Å². The number of nitrogens with one attached hydrogen (secondary N) is 1. The number of nitrogens with zero attached hydrogens (tertiary/aromatic N) is 1. The first-order valence-corrected chi connectivity index (χ1v) is 8.16. The fourth-order valence-electron chi connectivity index (χ4n) is 2.17. The standard InChI is InChI=1S/C19H21ClN2O2/c1-13(2)17-6-4-5-7-18(17)24-12-19(23)22-21-14(3)15-8-10-16(20)11-9-15/h4-11,13H,12H2,1-3H3,(H,22,23)/b21-14-. The second kappa shape index (κ2) is 8.50. The van der Waals surface area contributed by atoms with Crippen LogP contribution in [0.2, 0.25) is 5.02 Å². The molecule has 0 aromatic heterocycles. The van der Waals surface area contributed by atoms with Crippen LogP contribution in [-0.2, 0) is 4.79 Å². The molecule has 0 fully saturated rings. The van der Waals surface area contributed by atoms with E-state index in [1.54, 1.807) is 12.1 Å². The number of rotatable bonds is 6. The van der Waals surface area contributed by atoms with E-state index >= 15 is 0 Å². The number of para-hydroxylation sites is 1. The molecule has 1 N–H and O–H groups in total. The topological polar surface area (TPSA) is 50.7 Å². The van der Waals surface area contributed by atoms with Gasteiger partial charge in [0.2, 0.25) is 0 Å². The molecule has 0 saturated carbocycles. The normalized spacial score (nSPS) is 11.5. The second-order valence-corrected chi connectivity index (χ2v) is 6.16. The van der Waals surface area contributed by atoms with E-state index in [9.17, 15) is 4.79 Å². The second-order valence-electron chi connectivity index (χ2n) is 5.72. The Morgan fingerprint density at radius 2 is 1.83 bits per heavy atom. The largest absolute Gasteiger partial charge is 0.483 e. The Balaban J connectivity index is 1.92. The smallest absolute Gasteiger partial charge is 0.277 e. The van der Waals surface area contributed by atoms with Crippen molar-refractivity contribution in [2.75, 3.05) is 6.61 Å². The minimum absolute atomic E-state index is 0.0822. The highest BCUT2D eigenvalue weighted by Gasteiger charge is 2.09. The minimum atomic E-state index is -0.304. The predicted octanol–water partition coefficient (Wildman–Crippen LogP) is 4.38. The van der Waals surface area contributed by atoms with E-state index in [4.69, 9.17) is 16.3 Å². The van der Waals surface area contributed by atoms with Crippen LogP contribution in [0.5, 0.6) is 5.75 Å². The highest BCUT2D eigenvalue weighted by Crippen LogP contribution is 2.25. The number of ether oxygens (including phenoxy) is 1. The molecule has 4 nitrogen and oxygen atoms in total. The van der Waals surface area contributed by atoms with Crippen molar-refractivity contribution in [2.24, 2.45) is 5.10 Å². The molecule has 0 saturated heterocycles. The monoisotopic (exact) mass is 344 g/mol. The molecule has 0 spiro atoms. The van der Waals surface area contributed by atoms with Crippen molar-refractivity contribution < 1.29 is 9.53 Å². The Hall–Kier alpha value is -2.33. The Bertz CT molecular complexity index is 724. The molecule has 5 heteroatoms. The highest BCUT2D eigenvalue weighted by molar-refractivity contribution is 6.30. The van der Waals surface area contributed by atoms with Crippen molar-refractivity contribution in [3.63, 3.8) is 0 Å². The summed E-state index contributed by atoms with van der Waals surface area (Å²) >= 11 is 5.85. The van der Waals surface area contributed by atoms with E-state index < -0.39 is 0 Å². The van der Waals surface area contributed by atoms with Crippen LogP contribution < -0.4 is 10.2 Å². The summed E-state index contributed by atoms with van der Waals surface area (Å²) in [7, 11) is 0. The molecule has 1 amide bonds. The molecule has 0 heterocycles. The molecule has 2 rings (SSSR count). The van der Waals surface area contributed by atoms with E-state index in [-0.39, 0.29) is 12.5 Å². The lowest BCUT2D eigenvalue weighted by Crippen LogP contribution is -2.25. The fourth-order valence-corrected chi connectivity index (χ4v) is 2.29. The van der Waals surface area contributed by atoms with Gasteiger partial charge in [-0.3, -0.25) is 4.79 Å². The quantitative estimate of drug-likeness (QED) is 0.624. The molecule has 0 aliphatic heterocycles. The molecule has 0 radical (unpaired) electrons. The van der Waals surface area contributed by atoms with Crippen LogP contribution in [0.4, 0.5) is 0 Å². The van der Waals surface area contributed by atoms with Gasteiger partial charge in [0, 0.05) is 5.02 Å². The van der Waals surface area contributed by atoms with Gasteiger partial charge in [0.25, 0.3) is 5.91 Å². The summed E-state index contributed by atoms with van der Waals surface area (Å²) in [5.74, 6) is 0.748. The first kappa shape index (κ1) is 18.0. The summed E-state index contributed by atoms with van der Waals surface area (Å²) in [6.45, 7) is 5.91. The zero-order valence-corrected chi connectivity index (χ0v) is 14.8. The summed E-state index contributed by atoms with van der Waals surface area (Å²) in [5, 5.41) is 4.75. The summed E-state index contributed by atoms with van der Waals surface area (Å²) in [6, 6.07) is 15.0. The SMILES string of the molecule is C/C(=N/NC(=O)COc1ccccc1C(C)C)c1ccc(Cl)cc1. The van der Waals surface area contributed by atoms with Crippen LogP contribution >= 0.6 is 11.6 Å². The van der Waals surface area contributed by atoms with Crippen LogP contribution in [0.25, 0.3) is 0 Å². The van der Waals surface area contributed by atoms with E-state index in [1.807, 2.05) is 43.3 Å². The molecule has 24 heavy (non-hydrogen) atoms. The Labute approximate surface area is 147 Å². The average Bonchev–Trinajstić information content (AvgIpc) is 2.58. The maximum absolute atomic E-state index is 11.9. The lowest BCUT2D eigenvalue weighted by molar-refractivity contribution is -0.123.